The number of carbonyl (C=O) groups is 1. The highest BCUT2D eigenvalue weighted by molar-refractivity contribution is 8.00. The van der Waals surface area contributed by atoms with Gasteiger partial charge in [-0.15, -0.1) is 24.2 Å². The molecular weight excluding hydrogens is 292 g/mol. The van der Waals surface area contributed by atoms with Crippen LogP contribution in [0.2, 0.25) is 0 Å². The number of amides is 1. The van der Waals surface area contributed by atoms with Gasteiger partial charge in [-0.3, -0.25) is 4.79 Å². The summed E-state index contributed by atoms with van der Waals surface area (Å²) in [6.07, 6.45) is 2.11. The predicted octanol–water partition coefficient (Wildman–Crippen LogP) is 2.80. The van der Waals surface area contributed by atoms with Gasteiger partial charge < -0.3 is 10.2 Å². The molecule has 1 aromatic carbocycles. The average molecular weight is 315 g/mol. The van der Waals surface area contributed by atoms with Crippen LogP contribution in [0.25, 0.3) is 0 Å². The van der Waals surface area contributed by atoms with E-state index >= 15 is 0 Å². The van der Waals surface area contributed by atoms with E-state index in [0.29, 0.717) is 11.8 Å². The fourth-order valence-corrected chi connectivity index (χ4v) is 3.21. The van der Waals surface area contributed by atoms with E-state index in [-0.39, 0.29) is 18.3 Å². The maximum absolute atomic E-state index is 12.4. The number of thioether (sulfide) groups is 1. The molecule has 1 fully saturated rings. The molecule has 1 heterocycles. The van der Waals surface area contributed by atoms with Crippen LogP contribution < -0.4 is 5.32 Å². The Kier molecular flexibility index (Phi) is 8.04. The van der Waals surface area contributed by atoms with E-state index in [0.717, 1.165) is 37.4 Å². The molecule has 112 valence electrons. The number of rotatable bonds is 6. The van der Waals surface area contributed by atoms with Crippen molar-refractivity contribution in [3.63, 3.8) is 0 Å². The zero-order valence-corrected chi connectivity index (χ0v) is 13.5. The van der Waals surface area contributed by atoms with Crippen LogP contribution in [0.1, 0.15) is 19.8 Å². The molecule has 0 saturated carbocycles. The number of nitrogens with one attached hydrogen (secondary N) is 1. The van der Waals surface area contributed by atoms with Gasteiger partial charge in [0.25, 0.3) is 0 Å². The summed E-state index contributed by atoms with van der Waals surface area (Å²) in [5.41, 5.74) is 0. The Hall–Kier alpha value is -0.710. The maximum Gasteiger partial charge on any atom is 0.233 e. The Morgan fingerprint density at radius 2 is 2.15 bits per heavy atom. The minimum absolute atomic E-state index is 0. The molecule has 2 rings (SSSR count). The lowest BCUT2D eigenvalue weighted by atomic mass is 10.2. The number of hydrogen-bond acceptors (Lipinski definition) is 3. The second-order valence-corrected chi connectivity index (χ2v) is 5.88. The van der Waals surface area contributed by atoms with E-state index < -0.39 is 0 Å². The highest BCUT2D eigenvalue weighted by atomic mass is 35.5. The van der Waals surface area contributed by atoms with Crippen LogP contribution in [0.5, 0.6) is 0 Å². The molecule has 0 spiro atoms. The summed E-state index contributed by atoms with van der Waals surface area (Å²) in [7, 11) is 0. The van der Waals surface area contributed by atoms with Gasteiger partial charge in [0.1, 0.15) is 0 Å². The van der Waals surface area contributed by atoms with Crippen LogP contribution in [-0.4, -0.2) is 42.2 Å². The van der Waals surface area contributed by atoms with Crippen LogP contribution in [0.3, 0.4) is 0 Å². The second-order valence-electron chi connectivity index (χ2n) is 4.84. The summed E-state index contributed by atoms with van der Waals surface area (Å²) in [6.45, 7) is 4.99. The Morgan fingerprint density at radius 1 is 1.40 bits per heavy atom. The van der Waals surface area contributed by atoms with E-state index in [4.69, 9.17) is 0 Å². The predicted molar refractivity (Wildman–Crippen MR) is 87.7 cm³/mol. The van der Waals surface area contributed by atoms with Crippen LogP contribution in [0, 0.1) is 0 Å². The third-order valence-electron chi connectivity index (χ3n) is 3.37. The Labute approximate surface area is 131 Å². The number of benzene rings is 1. The summed E-state index contributed by atoms with van der Waals surface area (Å²) in [5, 5.41) is 3.34. The van der Waals surface area contributed by atoms with E-state index in [1.807, 2.05) is 18.2 Å². The van der Waals surface area contributed by atoms with Gasteiger partial charge in [-0.05, 0) is 31.5 Å². The monoisotopic (exact) mass is 314 g/mol. The first-order valence-corrected chi connectivity index (χ1v) is 7.98. The minimum Gasteiger partial charge on any atom is -0.338 e. The number of halogens is 1. The van der Waals surface area contributed by atoms with Gasteiger partial charge in [0.05, 0.1) is 5.75 Å². The standard InChI is InChI=1S/C15H22N2OS.ClH/c1-2-10-17(13-8-9-16-11-13)15(18)12-19-14-6-4-3-5-7-14;/h3-7,13,16H,2,8-12H2,1H3;1H. The van der Waals surface area contributed by atoms with E-state index in [1.165, 1.54) is 0 Å². The van der Waals surface area contributed by atoms with Crippen LogP contribution in [0.15, 0.2) is 35.2 Å². The Balaban J connectivity index is 0.00000200. The molecule has 1 aliphatic rings. The lowest BCUT2D eigenvalue weighted by Crippen LogP contribution is -2.43. The molecule has 1 atom stereocenters. The van der Waals surface area contributed by atoms with Crippen LogP contribution in [0.4, 0.5) is 0 Å². The smallest absolute Gasteiger partial charge is 0.233 e. The molecule has 0 aliphatic carbocycles. The Morgan fingerprint density at radius 3 is 2.75 bits per heavy atom. The van der Waals surface area contributed by atoms with Gasteiger partial charge in [0.15, 0.2) is 0 Å². The maximum atomic E-state index is 12.4. The lowest BCUT2D eigenvalue weighted by molar-refractivity contribution is -0.130. The van der Waals surface area contributed by atoms with Crippen molar-refractivity contribution in [2.45, 2.75) is 30.7 Å². The van der Waals surface area contributed by atoms with Gasteiger partial charge in [-0.1, -0.05) is 25.1 Å². The topological polar surface area (TPSA) is 32.3 Å². The number of hydrogen-bond donors (Lipinski definition) is 1. The number of carbonyl (C=O) groups excluding carboxylic acids is 1. The molecule has 1 N–H and O–H groups in total. The molecule has 5 heteroatoms. The molecule has 1 amide bonds. The van der Waals surface area contributed by atoms with E-state index in [2.05, 4.69) is 29.3 Å². The average Bonchev–Trinajstić information content (AvgIpc) is 2.97. The van der Waals surface area contributed by atoms with Crippen molar-refractivity contribution >= 4 is 30.1 Å². The van der Waals surface area contributed by atoms with Crippen molar-refractivity contribution in [3.8, 4) is 0 Å². The largest absolute Gasteiger partial charge is 0.338 e. The zero-order chi connectivity index (χ0) is 13.5. The molecule has 1 aliphatic heterocycles. The van der Waals surface area contributed by atoms with Gasteiger partial charge in [0.2, 0.25) is 5.91 Å². The lowest BCUT2D eigenvalue weighted by Gasteiger charge is -2.28. The van der Waals surface area contributed by atoms with Crippen molar-refractivity contribution in [2.24, 2.45) is 0 Å². The van der Waals surface area contributed by atoms with Crippen LogP contribution >= 0.6 is 24.2 Å². The third-order valence-corrected chi connectivity index (χ3v) is 4.36. The molecule has 1 aromatic rings. The summed E-state index contributed by atoms with van der Waals surface area (Å²) in [6, 6.07) is 10.5. The molecule has 0 radical (unpaired) electrons. The van der Waals surface area contributed by atoms with Crippen molar-refractivity contribution in [1.82, 2.24) is 10.2 Å². The number of nitrogens with zero attached hydrogens (tertiary/aromatic N) is 1. The zero-order valence-electron chi connectivity index (χ0n) is 11.9. The highest BCUT2D eigenvalue weighted by Gasteiger charge is 2.25. The van der Waals surface area contributed by atoms with E-state index in [1.54, 1.807) is 11.8 Å². The normalized spacial score (nSPS) is 17.6. The van der Waals surface area contributed by atoms with Gasteiger partial charge in [-0.2, -0.15) is 0 Å². The van der Waals surface area contributed by atoms with Gasteiger partial charge in [0, 0.05) is 24.0 Å². The van der Waals surface area contributed by atoms with Crippen molar-refractivity contribution in [1.29, 1.82) is 0 Å². The van der Waals surface area contributed by atoms with E-state index in [9.17, 15) is 4.79 Å². The molecule has 3 nitrogen and oxygen atoms in total. The fraction of sp³-hybridized carbons (Fsp3) is 0.533. The summed E-state index contributed by atoms with van der Waals surface area (Å²) < 4.78 is 0. The Bertz CT molecular complexity index is 396. The summed E-state index contributed by atoms with van der Waals surface area (Å²) in [4.78, 5) is 15.6. The third kappa shape index (κ3) is 5.00. The molecule has 20 heavy (non-hydrogen) atoms. The molecular formula is C15H23ClN2OS. The minimum atomic E-state index is 0. The quantitative estimate of drug-likeness (QED) is 0.820. The molecule has 1 saturated heterocycles. The first-order valence-electron chi connectivity index (χ1n) is 6.99. The molecule has 0 aromatic heterocycles. The van der Waals surface area contributed by atoms with Crippen molar-refractivity contribution in [2.75, 3.05) is 25.4 Å². The second kappa shape index (κ2) is 9.27. The molecule has 0 bridgehead atoms. The first kappa shape index (κ1) is 17.3. The highest BCUT2D eigenvalue weighted by Crippen LogP contribution is 2.19. The fourth-order valence-electron chi connectivity index (χ4n) is 2.40. The first-order chi connectivity index (χ1) is 9.31. The van der Waals surface area contributed by atoms with Crippen LogP contribution in [-0.2, 0) is 4.79 Å². The van der Waals surface area contributed by atoms with Gasteiger partial charge in [-0.25, -0.2) is 0 Å². The summed E-state index contributed by atoms with van der Waals surface area (Å²) in [5.74, 6) is 0.810. The SMILES string of the molecule is CCCN(C(=O)CSc1ccccc1)C1CCNC1.Cl. The van der Waals surface area contributed by atoms with Crippen molar-refractivity contribution < 1.29 is 4.79 Å². The van der Waals surface area contributed by atoms with Crippen molar-refractivity contribution in [3.05, 3.63) is 30.3 Å². The van der Waals surface area contributed by atoms with Gasteiger partial charge >= 0.3 is 0 Å². The summed E-state index contributed by atoms with van der Waals surface area (Å²) >= 11 is 1.63. The molecule has 1 unspecified atom stereocenters.